The number of hydrogen-bond acceptors (Lipinski definition) is 2. The van der Waals surface area contributed by atoms with E-state index in [1.165, 1.54) is 12.1 Å². The van der Waals surface area contributed by atoms with Gasteiger partial charge >= 0.3 is 0 Å². The van der Waals surface area contributed by atoms with E-state index in [1.54, 1.807) is 0 Å². The number of aryl methyl sites for hydroxylation is 1. The van der Waals surface area contributed by atoms with Crippen LogP contribution in [-0.4, -0.2) is 25.7 Å². The monoisotopic (exact) mass is 238 g/mol. The van der Waals surface area contributed by atoms with Crippen LogP contribution >= 0.6 is 11.6 Å². The van der Waals surface area contributed by atoms with E-state index in [9.17, 15) is 0 Å². The number of rotatable bonds is 3. The summed E-state index contributed by atoms with van der Waals surface area (Å²) < 4.78 is 0. The molecule has 0 bridgehead atoms. The Balaban J connectivity index is 2.05. The first-order chi connectivity index (χ1) is 7.70. The lowest BCUT2D eigenvalue weighted by molar-refractivity contribution is 0.572. The number of halogens is 1. The van der Waals surface area contributed by atoms with Crippen LogP contribution in [0.2, 0.25) is 5.02 Å². The molecule has 1 heterocycles. The fourth-order valence-electron chi connectivity index (χ4n) is 2.23. The van der Waals surface area contributed by atoms with Crippen LogP contribution in [0.15, 0.2) is 18.2 Å². The highest BCUT2D eigenvalue weighted by Crippen LogP contribution is 2.25. The fourth-order valence-corrected chi connectivity index (χ4v) is 2.40. The summed E-state index contributed by atoms with van der Waals surface area (Å²) in [7, 11) is 0. The van der Waals surface area contributed by atoms with Gasteiger partial charge in [-0.3, -0.25) is 0 Å². The van der Waals surface area contributed by atoms with Crippen molar-refractivity contribution in [1.29, 1.82) is 0 Å². The van der Waals surface area contributed by atoms with Gasteiger partial charge in [-0.25, -0.2) is 0 Å². The standard InChI is InChI=1S/C13H19ClN2/c1-3-15-11-6-7-16(9-11)12-5-4-10(2)13(14)8-12/h4-5,8,11,15H,3,6-7,9H2,1-2H3. The van der Waals surface area contributed by atoms with Crippen molar-refractivity contribution in [3.05, 3.63) is 28.8 Å². The van der Waals surface area contributed by atoms with Gasteiger partial charge in [0.15, 0.2) is 0 Å². The lowest BCUT2D eigenvalue weighted by Crippen LogP contribution is -2.32. The van der Waals surface area contributed by atoms with E-state index in [-0.39, 0.29) is 0 Å². The summed E-state index contributed by atoms with van der Waals surface area (Å²) in [5, 5.41) is 4.36. The van der Waals surface area contributed by atoms with Gasteiger partial charge in [0.05, 0.1) is 0 Å². The average Bonchev–Trinajstić information content (AvgIpc) is 2.71. The van der Waals surface area contributed by atoms with Crippen LogP contribution < -0.4 is 10.2 Å². The van der Waals surface area contributed by atoms with Crippen molar-refractivity contribution in [3.63, 3.8) is 0 Å². The van der Waals surface area contributed by atoms with Gasteiger partial charge in [0.25, 0.3) is 0 Å². The average molecular weight is 239 g/mol. The fraction of sp³-hybridized carbons (Fsp3) is 0.538. The maximum Gasteiger partial charge on any atom is 0.0455 e. The molecular formula is C13H19ClN2. The van der Waals surface area contributed by atoms with E-state index in [1.807, 2.05) is 6.92 Å². The van der Waals surface area contributed by atoms with Crippen LogP contribution in [-0.2, 0) is 0 Å². The van der Waals surface area contributed by atoms with Crippen LogP contribution in [0.25, 0.3) is 0 Å². The minimum absolute atomic E-state index is 0.630. The largest absolute Gasteiger partial charge is 0.370 e. The van der Waals surface area contributed by atoms with Gasteiger partial charge in [-0.15, -0.1) is 0 Å². The molecule has 16 heavy (non-hydrogen) atoms. The third-order valence-corrected chi connectivity index (χ3v) is 3.61. The van der Waals surface area contributed by atoms with Crippen LogP contribution in [0.3, 0.4) is 0 Å². The van der Waals surface area contributed by atoms with Crippen molar-refractivity contribution in [2.24, 2.45) is 0 Å². The Morgan fingerprint density at radius 1 is 1.50 bits per heavy atom. The molecule has 0 saturated carbocycles. The summed E-state index contributed by atoms with van der Waals surface area (Å²) in [6, 6.07) is 6.96. The first-order valence-corrected chi connectivity index (χ1v) is 6.33. The molecule has 0 radical (unpaired) electrons. The number of likely N-dealkylation sites (N-methyl/N-ethyl adjacent to an activating group) is 1. The number of hydrogen-bond donors (Lipinski definition) is 1. The zero-order valence-corrected chi connectivity index (χ0v) is 10.7. The van der Waals surface area contributed by atoms with E-state index < -0.39 is 0 Å². The van der Waals surface area contributed by atoms with Gasteiger partial charge in [-0.05, 0) is 37.6 Å². The molecule has 1 atom stereocenters. The van der Waals surface area contributed by atoms with Crippen LogP contribution in [0.4, 0.5) is 5.69 Å². The highest BCUT2D eigenvalue weighted by molar-refractivity contribution is 6.31. The van der Waals surface area contributed by atoms with Gasteiger partial charge in [0.1, 0.15) is 0 Å². The van der Waals surface area contributed by atoms with Gasteiger partial charge in [-0.2, -0.15) is 0 Å². The quantitative estimate of drug-likeness (QED) is 0.871. The predicted octanol–water partition coefficient (Wildman–Crippen LogP) is 2.84. The van der Waals surface area contributed by atoms with Crippen LogP contribution in [0, 0.1) is 6.92 Å². The molecule has 1 aliphatic heterocycles. The van der Waals surface area contributed by atoms with Crippen molar-refractivity contribution in [2.45, 2.75) is 26.3 Å². The smallest absolute Gasteiger partial charge is 0.0455 e. The highest BCUT2D eigenvalue weighted by Gasteiger charge is 2.21. The molecule has 1 aromatic rings. The maximum atomic E-state index is 6.15. The Bertz CT molecular complexity index is 365. The summed E-state index contributed by atoms with van der Waals surface area (Å²) in [5.41, 5.74) is 2.39. The highest BCUT2D eigenvalue weighted by atomic mass is 35.5. The second-order valence-electron chi connectivity index (χ2n) is 4.42. The van der Waals surface area contributed by atoms with Crippen molar-refractivity contribution in [3.8, 4) is 0 Å². The molecule has 88 valence electrons. The molecule has 1 N–H and O–H groups in total. The van der Waals surface area contributed by atoms with E-state index in [2.05, 4.69) is 35.3 Å². The van der Waals surface area contributed by atoms with Crippen molar-refractivity contribution < 1.29 is 0 Å². The summed E-state index contributed by atoms with van der Waals surface area (Å²) >= 11 is 6.15. The summed E-state index contributed by atoms with van der Waals surface area (Å²) in [6.07, 6.45) is 1.22. The van der Waals surface area contributed by atoms with Crippen molar-refractivity contribution in [1.82, 2.24) is 5.32 Å². The Morgan fingerprint density at radius 3 is 3.00 bits per heavy atom. The third-order valence-electron chi connectivity index (χ3n) is 3.20. The molecule has 0 amide bonds. The lowest BCUT2D eigenvalue weighted by atomic mass is 10.2. The number of anilines is 1. The first kappa shape index (κ1) is 11.7. The second-order valence-corrected chi connectivity index (χ2v) is 4.83. The Kier molecular flexibility index (Phi) is 3.72. The molecule has 1 fully saturated rings. The summed E-state index contributed by atoms with van der Waals surface area (Å²) in [4.78, 5) is 2.40. The Labute approximate surface area is 103 Å². The summed E-state index contributed by atoms with van der Waals surface area (Å²) in [6.45, 7) is 7.46. The molecule has 0 aromatic heterocycles. The third kappa shape index (κ3) is 2.50. The second kappa shape index (κ2) is 5.07. The molecule has 0 aliphatic carbocycles. The Hall–Kier alpha value is -0.730. The maximum absolute atomic E-state index is 6.15. The zero-order chi connectivity index (χ0) is 11.5. The molecule has 1 unspecified atom stereocenters. The topological polar surface area (TPSA) is 15.3 Å². The minimum Gasteiger partial charge on any atom is -0.370 e. The van der Waals surface area contributed by atoms with Gasteiger partial charge < -0.3 is 10.2 Å². The molecule has 3 heteroatoms. The molecule has 0 spiro atoms. The molecular weight excluding hydrogens is 220 g/mol. The molecule has 1 aliphatic rings. The van der Waals surface area contributed by atoms with E-state index in [0.29, 0.717) is 6.04 Å². The predicted molar refractivity (Wildman–Crippen MR) is 70.5 cm³/mol. The van der Waals surface area contributed by atoms with Crippen molar-refractivity contribution in [2.75, 3.05) is 24.5 Å². The Morgan fingerprint density at radius 2 is 2.31 bits per heavy atom. The van der Waals surface area contributed by atoms with E-state index >= 15 is 0 Å². The van der Waals surface area contributed by atoms with Gasteiger partial charge in [0, 0.05) is 29.8 Å². The van der Waals surface area contributed by atoms with E-state index in [0.717, 1.165) is 30.2 Å². The first-order valence-electron chi connectivity index (χ1n) is 5.95. The van der Waals surface area contributed by atoms with E-state index in [4.69, 9.17) is 11.6 Å². The molecule has 2 rings (SSSR count). The normalized spacial score (nSPS) is 20.4. The minimum atomic E-state index is 0.630. The number of nitrogens with one attached hydrogen (secondary N) is 1. The lowest BCUT2D eigenvalue weighted by Gasteiger charge is -2.19. The molecule has 1 aromatic carbocycles. The molecule has 1 saturated heterocycles. The number of nitrogens with zero attached hydrogens (tertiary/aromatic N) is 1. The number of benzene rings is 1. The van der Waals surface area contributed by atoms with Crippen LogP contribution in [0.1, 0.15) is 18.9 Å². The van der Waals surface area contributed by atoms with Gasteiger partial charge in [-0.1, -0.05) is 24.6 Å². The zero-order valence-electron chi connectivity index (χ0n) is 9.96. The SMILES string of the molecule is CCNC1CCN(c2ccc(C)c(Cl)c2)C1. The molecule has 2 nitrogen and oxygen atoms in total. The van der Waals surface area contributed by atoms with Crippen molar-refractivity contribution >= 4 is 17.3 Å². The van der Waals surface area contributed by atoms with Crippen LogP contribution in [0.5, 0.6) is 0 Å². The summed E-state index contributed by atoms with van der Waals surface area (Å²) in [5.74, 6) is 0. The van der Waals surface area contributed by atoms with Gasteiger partial charge in [0.2, 0.25) is 0 Å².